The number of nitrogens with zero attached hydrogens (tertiary/aromatic N) is 2. The lowest BCUT2D eigenvalue weighted by atomic mass is 10.1. The molecule has 0 aliphatic carbocycles. The maximum atomic E-state index is 11.7. The van der Waals surface area contributed by atoms with Gasteiger partial charge in [-0.1, -0.05) is 13.8 Å². The first-order chi connectivity index (χ1) is 8.79. The highest BCUT2D eigenvalue weighted by molar-refractivity contribution is 7.18. The minimum atomic E-state index is -0.116. The first-order valence-electron chi connectivity index (χ1n) is 5.97. The Hall–Kier alpha value is -1.69. The average molecular weight is 265 g/mol. The number of carbonyl (C=O) groups excluding carboxylic acids is 1. The molecule has 0 aromatic carbocycles. The number of amides is 1. The van der Waals surface area contributed by atoms with Gasteiger partial charge in [-0.05, 0) is 6.42 Å². The molecular formula is C12H15N3O2S. The van der Waals surface area contributed by atoms with E-state index in [2.05, 4.69) is 9.97 Å². The fourth-order valence-electron chi connectivity index (χ4n) is 2.03. The number of fused-ring (bicyclic) bond motifs is 3. The molecule has 1 aliphatic rings. The quantitative estimate of drug-likeness (QED) is 0.795. The van der Waals surface area contributed by atoms with Crippen molar-refractivity contribution in [1.82, 2.24) is 14.9 Å². The van der Waals surface area contributed by atoms with Gasteiger partial charge < -0.3 is 9.88 Å². The fraction of sp³-hybridized carbons (Fsp3) is 0.417. The van der Waals surface area contributed by atoms with Gasteiger partial charge in [-0.15, -0.1) is 11.3 Å². The Morgan fingerprint density at radius 3 is 3.00 bits per heavy atom. The second-order valence-electron chi connectivity index (χ2n) is 3.74. The first kappa shape index (κ1) is 12.8. The van der Waals surface area contributed by atoms with Gasteiger partial charge in [0.25, 0.3) is 5.56 Å². The molecule has 0 radical (unpaired) electrons. The molecule has 1 aliphatic heterocycles. The standard InChI is InChI=1S/C10H9N3O2S.C2H6/c14-5-13-2-1-7-6(3-13)8-9(15)11-4-12-10(8)16-7;1-2/h4-5H,1-3H2,(H,11,12,15);1-2H3. The van der Waals surface area contributed by atoms with Crippen LogP contribution < -0.4 is 5.56 Å². The van der Waals surface area contributed by atoms with Crippen molar-refractivity contribution in [2.75, 3.05) is 6.54 Å². The van der Waals surface area contributed by atoms with Crippen LogP contribution in [0.5, 0.6) is 0 Å². The van der Waals surface area contributed by atoms with E-state index in [1.54, 1.807) is 16.2 Å². The molecule has 0 atom stereocenters. The van der Waals surface area contributed by atoms with E-state index in [1.807, 2.05) is 13.8 Å². The Balaban J connectivity index is 0.000000574. The molecule has 0 saturated heterocycles. The SMILES string of the molecule is CC.O=CN1CCc2sc3nc[nH]c(=O)c3c2C1. The number of rotatable bonds is 1. The van der Waals surface area contributed by atoms with E-state index in [0.717, 1.165) is 29.8 Å². The molecule has 5 nitrogen and oxygen atoms in total. The third kappa shape index (κ3) is 2.03. The molecule has 0 fully saturated rings. The third-order valence-corrected chi connectivity index (χ3v) is 4.01. The largest absolute Gasteiger partial charge is 0.341 e. The van der Waals surface area contributed by atoms with Crippen LogP contribution in [0, 0.1) is 0 Å². The number of aromatic amines is 1. The maximum Gasteiger partial charge on any atom is 0.259 e. The van der Waals surface area contributed by atoms with Crippen molar-refractivity contribution >= 4 is 28.0 Å². The summed E-state index contributed by atoms with van der Waals surface area (Å²) in [6.07, 6.45) is 3.07. The van der Waals surface area contributed by atoms with E-state index < -0.39 is 0 Å². The second-order valence-corrected chi connectivity index (χ2v) is 4.83. The number of aromatic nitrogens is 2. The molecule has 1 amide bonds. The van der Waals surface area contributed by atoms with E-state index in [4.69, 9.17) is 0 Å². The van der Waals surface area contributed by atoms with E-state index in [0.29, 0.717) is 11.9 Å². The number of carbonyl (C=O) groups is 1. The molecule has 96 valence electrons. The van der Waals surface area contributed by atoms with E-state index in [1.165, 1.54) is 11.2 Å². The van der Waals surface area contributed by atoms with Gasteiger partial charge in [-0.25, -0.2) is 4.98 Å². The van der Waals surface area contributed by atoms with Crippen molar-refractivity contribution in [3.05, 3.63) is 27.1 Å². The van der Waals surface area contributed by atoms with Crippen molar-refractivity contribution in [3.8, 4) is 0 Å². The van der Waals surface area contributed by atoms with Crippen molar-refractivity contribution in [2.45, 2.75) is 26.8 Å². The smallest absolute Gasteiger partial charge is 0.259 e. The lowest BCUT2D eigenvalue weighted by Gasteiger charge is -2.22. The highest BCUT2D eigenvalue weighted by Gasteiger charge is 2.22. The Morgan fingerprint density at radius 2 is 2.28 bits per heavy atom. The molecule has 1 N–H and O–H groups in total. The van der Waals surface area contributed by atoms with Crippen LogP contribution in [-0.2, 0) is 17.8 Å². The molecule has 2 aromatic rings. The van der Waals surface area contributed by atoms with Crippen LogP contribution in [0.4, 0.5) is 0 Å². The number of nitrogens with one attached hydrogen (secondary N) is 1. The zero-order valence-electron chi connectivity index (χ0n) is 10.4. The number of H-pyrrole nitrogens is 1. The summed E-state index contributed by atoms with van der Waals surface area (Å²) in [7, 11) is 0. The Morgan fingerprint density at radius 1 is 1.50 bits per heavy atom. The van der Waals surface area contributed by atoms with Gasteiger partial charge >= 0.3 is 0 Å². The van der Waals surface area contributed by atoms with Crippen molar-refractivity contribution in [3.63, 3.8) is 0 Å². The van der Waals surface area contributed by atoms with Gasteiger partial charge in [0.2, 0.25) is 6.41 Å². The van der Waals surface area contributed by atoms with Crippen LogP contribution in [0.15, 0.2) is 11.1 Å². The minimum absolute atomic E-state index is 0.116. The highest BCUT2D eigenvalue weighted by Crippen LogP contribution is 2.31. The Bertz CT molecular complexity index is 617. The lowest BCUT2D eigenvalue weighted by molar-refractivity contribution is -0.118. The summed E-state index contributed by atoms with van der Waals surface area (Å²) in [5.41, 5.74) is 0.850. The maximum absolute atomic E-state index is 11.7. The van der Waals surface area contributed by atoms with Crippen LogP contribution in [0.3, 0.4) is 0 Å². The molecule has 3 rings (SSSR count). The highest BCUT2D eigenvalue weighted by atomic mass is 32.1. The monoisotopic (exact) mass is 265 g/mol. The molecule has 0 spiro atoms. The van der Waals surface area contributed by atoms with Crippen LogP contribution in [-0.4, -0.2) is 27.8 Å². The van der Waals surface area contributed by atoms with Crippen molar-refractivity contribution < 1.29 is 4.79 Å². The zero-order chi connectivity index (χ0) is 13.1. The normalized spacial score (nSPS) is 13.8. The molecule has 0 bridgehead atoms. The van der Waals surface area contributed by atoms with Gasteiger partial charge in [0.15, 0.2) is 0 Å². The predicted octanol–water partition coefficient (Wildman–Crippen LogP) is 1.53. The fourth-order valence-corrected chi connectivity index (χ4v) is 3.17. The summed E-state index contributed by atoms with van der Waals surface area (Å²) in [4.78, 5) is 32.8. The van der Waals surface area contributed by atoms with Crippen LogP contribution in [0.2, 0.25) is 0 Å². The van der Waals surface area contributed by atoms with Gasteiger partial charge in [-0.3, -0.25) is 9.59 Å². The topological polar surface area (TPSA) is 66.1 Å². The van der Waals surface area contributed by atoms with Gasteiger partial charge in [-0.2, -0.15) is 0 Å². The molecule has 18 heavy (non-hydrogen) atoms. The summed E-state index contributed by atoms with van der Waals surface area (Å²) < 4.78 is 0. The Labute approximate surface area is 108 Å². The van der Waals surface area contributed by atoms with Crippen LogP contribution in [0.1, 0.15) is 24.3 Å². The minimum Gasteiger partial charge on any atom is -0.341 e. The third-order valence-electron chi connectivity index (χ3n) is 2.81. The number of hydrogen-bond acceptors (Lipinski definition) is 4. The molecule has 0 unspecified atom stereocenters. The number of hydrogen-bond donors (Lipinski definition) is 1. The zero-order valence-corrected chi connectivity index (χ0v) is 11.2. The molecule has 6 heteroatoms. The number of thiophene rings is 1. The molecule has 0 saturated carbocycles. The molecule has 3 heterocycles. The van der Waals surface area contributed by atoms with Gasteiger partial charge in [0.1, 0.15) is 4.83 Å². The van der Waals surface area contributed by atoms with Gasteiger partial charge in [0.05, 0.1) is 11.7 Å². The second kappa shape index (κ2) is 5.30. The summed E-state index contributed by atoms with van der Waals surface area (Å²) in [6, 6.07) is 0. The van der Waals surface area contributed by atoms with Crippen molar-refractivity contribution in [2.24, 2.45) is 0 Å². The molecular weight excluding hydrogens is 250 g/mol. The van der Waals surface area contributed by atoms with Crippen molar-refractivity contribution in [1.29, 1.82) is 0 Å². The average Bonchev–Trinajstić information content (AvgIpc) is 2.79. The predicted molar refractivity (Wildman–Crippen MR) is 71.8 cm³/mol. The van der Waals surface area contributed by atoms with Crippen LogP contribution in [0.25, 0.3) is 10.2 Å². The first-order valence-corrected chi connectivity index (χ1v) is 6.78. The lowest BCUT2D eigenvalue weighted by Crippen LogP contribution is -2.28. The van der Waals surface area contributed by atoms with E-state index in [9.17, 15) is 9.59 Å². The van der Waals surface area contributed by atoms with E-state index >= 15 is 0 Å². The van der Waals surface area contributed by atoms with Gasteiger partial charge in [0, 0.05) is 23.5 Å². The molecule has 2 aromatic heterocycles. The summed E-state index contributed by atoms with van der Waals surface area (Å²) in [6.45, 7) is 5.24. The summed E-state index contributed by atoms with van der Waals surface area (Å²) >= 11 is 1.55. The summed E-state index contributed by atoms with van der Waals surface area (Å²) in [5.74, 6) is 0. The Kier molecular flexibility index (Phi) is 3.76. The van der Waals surface area contributed by atoms with E-state index in [-0.39, 0.29) is 5.56 Å². The van der Waals surface area contributed by atoms with Crippen LogP contribution >= 0.6 is 11.3 Å². The summed E-state index contributed by atoms with van der Waals surface area (Å²) in [5, 5.41) is 0.647.